The predicted molar refractivity (Wildman–Crippen MR) is 68.1 cm³/mol. The summed E-state index contributed by atoms with van der Waals surface area (Å²) in [5.74, 6) is 0.384. The van der Waals surface area contributed by atoms with Crippen LogP contribution in [0.1, 0.15) is 26.3 Å². The van der Waals surface area contributed by atoms with Crippen molar-refractivity contribution in [3.8, 4) is 6.07 Å². The maximum absolute atomic E-state index is 11.5. The number of rotatable bonds is 5. The van der Waals surface area contributed by atoms with Crippen LogP contribution in [0.15, 0.2) is 18.3 Å². The smallest absolute Gasteiger partial charge is 0.325 e. The molecule has 0 saturated heterocycles. The minimum Gasteiger partial charge on any atom is -0.465 e. The Balaban J connectivity index is 2.84. The number of hydrogen-bond donors (Lipinski definition) is 0. The first-order chi connectivity index (χ1) is 8.58. The van der Waals surface area contributed by atoms with Crippen molar-refractivity contribution in [2.24, 2.45) is 0 Å². The van der Waals surface area contributed by atoms with E-state index >= 15 is 0 Å². The third-order valence-electron chi connectivity index (χ3n) is 2.40. The molecule has 0 N–H and O–H groups in total. The summed E-state index contributed by atoms with van der Waals surface area (Å²) in [5, 5.41) is 8.71. The van der Waals surface area contributed by atoms with E-state index in [2.05, 4.69) is 4.98 Å². The van der Waals surface area contributed by atoms with Crippen LogP contribution < -0.4 is 4.90 Å². The van der Waals surface area contributed by atoms with Crippen LogP contribution in [-0.4, -0.2) is 30.1 Å². The molecule has 1 heterocycles. The average Bonchev–Trinajstić information content (AvgIpc) is 2.36. The van der Waals surface area contributed by atoms with Gasteiger partial charge >= 0.3 is 5.97 Å². The Bertz CT molecular complexity index is 435. The average molecular weight is 247 g/mol. The quantitative estimate of drug-likeness (QED) is 0.741. The highest BCUT2D eigenvalue weighted by Crippen LogP contribution is 2.14. The van der Waals surface area contributed by atoms with Gasteiger partial charge in [-0.1, -0.05) is 0 Å². The minimum atomic E-state index is -0.280. The molecule has 0 atom stereocenters. The summed E-state index contributed by atoms with van der Waals surface area (Å²) in [6, 6.07) is 5.55. The fraction of sp³-hybridized carbons (Fsp3) is 0.462. The van der Waals surface area contributed by atoms with E-state index in [1.165, 1.54) is 6.20 Å². The summed E-state index contributed by atoms with van der Waals surface area (Å²) >= 11 is 0. The van der Waals surface area contributed by atoms with Gasteiger partial charge in [-0.2, -0.15) is 5.26 Å². The van der Waals surface area contributed by atoms with Gasteiger partial charge in [-0.25, -0.2) is 4.98 Å². The number of nitriles is 1. The summed E-state index contributed by atoms with van der Waals surface area (Å²) in [4.78, 5) is 17.5. The van der Waals surface area contributed by atoms with Gasteiger partial charge in [0.05, 0.1) is 12.2 Å². The molecule has 0 aromatic carbocycles. The standard InChI is InChI=1S/C13H17N3O2/c1-4-18-13(17)9-16(10(2)3)12-6-5-11(7-14)8-15-12/h5-6,8,10H,4,9H2,1-3H3. The molecule has 96 valence electrons. The normalized spacial score (nSPS) is 9.94. The number of anilines is 1. The largest absolute Gasteiger partial charge is 0.465 e. The van der Waals surface area contributed by atoms with Crippen LogP contribution in [0.3, 0.4) is 0 Å². The lowest BCUT2D eigenvalue weighted by atomic mass is 10.2. The predicted octanol–water partition coefficient (Wildman–Crippen LogP) is 1.73. The molecule has 0 amide bonds. The van der Waals surface area contributed by atoms with Crippen molar-refractivity contribution >= 4 is 11.8 Å². The zero-order chi connectivity index (χ0) is 13.5. The number of carbonyl (C=O) groups is 1. The second-order valence-corrected chi connectivity index (χ2v) is 4.04. The van der Waals surface area contributed by atoms with E-state index in [1.807, 2.05) is 24.8 Å². The van der Waals surface area contributed by atoms with E-state index in [1.54, 1.807) is 19.1 Å². The molecule has 1 aromatic heterocycles. The Kier molecular flexibility index (Phi) is 5.12. The van der Waals surface area contributed by atoms with Crippen molar-refractivity contribution in [2.45, 2.75) is 26.8 Å². The third-order valence-corrected chi connectivity index (χ3v) is 2.40. The minimum absolute atomic E-state index is 0.120. The van der Waals surface area contributed by atoms with Crippen LogP contribution >= 0.6 is 0 Å². The van der Waals surface area contributed by atoms with Gasteiger partial charge in [0.15, 0.2) is 0 Å². The number of aromatic nitrogens is 1. The molecule has 0 aliphatic carbocycles. The fourth-order valence-electron chi connectivity index (χ4n) is 1.50. The van der Waals surface area contributed by atoms with Crippen molar-refractivity contribution in [3.05, 3.63) is 23.9 Å². The zero-order valence-corrected chi connectivity index (χ0v) is 10.9. The Morgan fingerprint density at radius 3 is 2.72 bits per heavy atom. The lowest BCUT2D eigenvalue weighted by molar-refractivity contribution is -0.141. The van der Waals surface area contributed by atoms with Crippen molar-refractivity contribution in [2.75, 3.05) is 18.1 Å². The third kappa shape index (κ3) is 3.74. The second kappa shape index (κ2) is 6.60. The molecule has 0 radical (unpaired) electrons. The van der Waals surface area contributed by atoms with Gasteiger partial charge in [-0.15, -0.1) is 0 Å². The van der Waals surface area contributed by atoms with Crippen molar-refractivity contribution in [1.82, 2.24) is 4.98 Å². The molecular formula is C13H17N3O2. The summed E-state index contributed by atoms with van der Waals surface area (Å²) in [7, 11) is 0. The second-order valence-electron chi connectivity index (χ2n) is 4.04. The van der Waals surface area contributed by atoms with Crippen LogP contribution in [0.2, 0.25) is 0 Å². The molecule has 18 heavy (non-hydrogen) atoms. The summed E-state index contributed by atoms with van der Waals surface area (Å²) in [6.45, 7) is 6.24. The topological polar surface area (TPSA) is 66.2 Å². The molecule has 0 aliphatic rings. The lowest BCUT2D eigenvalue weighted by Crippen LogP contribution is -2.37. The highest BCUT2D eigenvalue weighted by Gasteiger charge is 2.16. The van der Waals surface area contributed by atoms with Gasteiger partial charge in [0.25, 0.3) is 0 Å². The van der Waals surface area contributed by atoms with Crippen LogP contribution in [0.5, 0.6) is 0 Å². The number of esters is 1. The molecule has 0 aliphatic heterocycles. The number of nitrogens with zero attached hydrogens (tertiary/aromatic N) is 3. The Morgan fingerprint density at radius 1 is 1.56 bits per heavy atom. The van der Waals surface area contributed by atoms with Crippen LogP contribution in [0.25, 0.3) is 0 Å². The van der Waals surface area contributed by atoms with E-state index < -0.39 is 0 Å². The maximum Gasteiger partial charge on any atom is 0.325 e. The Hall–Kier alpha value is -2.09. The maximum atomic E-state index is 11.5. The Labute approximate surface area is 107 Å². The van der Waals surface area contributed by atoms with Crippen LogP contribution in [0.4, 0.5) is 5.82 Å². The van der Waals surface area contributed by atoms with E-state index in [0.29, 0.717) is 18.0 Å². The van der Waals surface area contributed by atoms with Gasteiger partial charge in [-0.3, -0.25) is 4.79 Å². The van der Waals surface area contributed by atoms with Crippen LogP contribution in [0, 0.1) is 11.3 Å². The van der Waals surface area contributed by atoms with Crippen molar-refractivity contribution in [1.29, 1.82) is 5.26 Å². The SMILES string of the molecule is CCOC(=O)CN(c1ccc(C#N)cn1)C(C)C. The molecular weight excluding hydrogens is 230 g/mol. The number of ether oxygens (including phenoxy) is 1. The summed E-state index contributed by atoms with van der Waals surface area (Å²) in [6.07, 6.45) is 1.50. The van der Waals surface area contributed by atoms with Crippen molar-refractivity contribution in [3.63, 3.8) is 0 Å². The van der Waals surface area contributed by atoms with Gasteiger partial charge < -0.3 is 9.64 Å². The van der Waals surface area contributed by atoms with Crippen LogP contribution in [-0.2, 0) is 9.53 Å². The molecule has 0 bridgehead atoms. The number of hydrogen-bond acceptors (Lipinski definition) is 5. The molecule has 0 spiro atoms. The van der Waals surface area contributed by atoms with Gasteiger partial charge in [0.1, 0.15) is 18.4 Å². The fourth-order valence-corrected chi connectivity index (χ4v) is 1.50. The lowest BCUT2D eigenvalue weighted by Gasteiger charge is -2.26. The zero-order valence-electron chi connectivity index (χ0n) is 10.9. The van der Waals surface area contributed by atoms with Gasteiger partial charge in [0, 0.05) is 12.2 Å². The first kappa shape index (κ1) is 14.0. The van der Waals surface area contributed by atoms with E-state index in [9.17, 15) is 4.79 Å². The summed E-state index contributed by atoms with van der Waals surface area (Å²) < 4.78 is 4.93. The van der Waals surface area contributed by atoms with Crippen molar-refractivity contribution < 1.29 is 9.53 Å². The highest BCUT2D eigenvalue weighted by atomic mass is 16.5. The first-order valence-corrected chi connectivity index (χ1v) is 5.87. The molecule has 1 rings (SSSR count). The monoisotopic (exact) mass is 247 g/mol. The Morgan fingerprint density at radius 2 is 2.28 bits per heavy atom. The summed E-state index contributed by atoms with van der Waals surface area (Å²) in [5.41, 5.74) is 0.499. The number of carbonyl (C=O) groups excluding carboxylic acids is 1. The number of pyridine rings is 1. The van der Waals surface area contributed by atoms with E-state index in [0.717, 1.165) is 0 Å². The van der Waals surface area contributed by atoms with E-state index in [4.69, 9.17) is 10.00 Å². The molecule has 0 saturated carbocycles. The molecule has 5 nitrogen and oxygen atoms in total. The molecule has 0 unspecified atom stereocenters. The van der Waals surface area contributed by atoms with Gasteiger partial charge in [-0.05, 0) is 32.9 Å². The molecule has 1 aromatic rings. The molecule has 0 fully saturated rings. The highest BCUT2D eigenvalue weighted by molar-refractivity contribution is 5.75. The van der Waals surface area contributed by atoms with Gasteiger partial charge in [0.2, 0.25) is 0 Å². The first-order valence-electron chi connectivity index (χ1n) is 5.87. The molecule has 5 heteroatoms. The van der Waals surface area contributed by atoms with E-state index in [-0.39, 0.29) is 18.6 Å².